The van der Waals surface area contributed by atoms with Gasteiger partial charge in [0.05, 0.1) is 5.69 Å². The number of amides is 2. The van der Waals surface area contributed by atoms with Gasteiger partial charge in [-0.15, -0.1) is 11.3 Å². The number of thiazole rings is 1. The zero-order valence-corrected chi connectivity index (χ0v) is 17.1. The van der Waals surface area contributed by atoms with Crippen molar-refractivity contribution in [1.29, 1.82) is 0 Å². The molecule has 1 N–H and O–H groups in total. The van der Waals surface area contributed by atoms with Crippen LogP contribution in [0.1, 0.15) is 25.0 Å². The Balaban J connectivity index is 1.47. The van der Waals surface area contributed by atoms with E-state index in [1.807, 2.05) is 52.7 Å². The average molecular weight is 404 g/mol. The topological polar surface area (TPSA) is 62.3 Å². The molecule has 0 saturated heterocycles. The molecule has 1 aromatic heterocycles. The first-order valence-corrected chi connectivity index (χ1v) is 10.3. The number of carbonyl (C=O) groups is 2. The largest absolute Gasteiger partial charge is 0.309 e. The Morgan fingerprint density at radius 3 is 2.76 bits per heavy atom. The number of hydrogen-bond donors (Lipinski definition) is 1. The summed E-state index contributed by atoms with van der Waals surface area (Å²) in [7, 11) is 0. The second kappa shape index (κ2) is 8.01. The van der Waals surface area contributed by atoms with E-state index in [4.69, 9.17) is 0 Å². The summed E-state index contributed by atoms with van der Waals surface area (Å²) in [5, 5.41) is 5.30. The third kappa shape index (κ3) is 4.12. The number of benzene rings is 2. The number of anilines is 2. The molecule has 0 aliphatic carbocycles. The molecule has 5 nitrogen and oxygen atoms in total. The molecule has 2 aromatic carbocycles. The van der Waals surface area contributed by atoms with E-state index >= 15 is 0 Å². The summed E-state index contributed by atoms with van der Waals surface area (Å²) in [6.45, 7) is 3.65. The summed E-state index contributed by atoms with van der Waals surface area (Å²) in [5.74, 6) is -0.152. The Kier molecular flexibility index (Phi) is 5.27. The Hall–Kier alpha value is -3.25. The van der Waals surface area contributed by atoms with Gasteiger partial charge in [0, 0.05) is 35.7 Å². The van der Waals surface area contributed by atoms with Crippen molar-refractivity contribution in [2.75, 3.05) is 10.2 Å². The van der Waals surface area contributed by atoms with Crippen molar-refractivity contribution < 1.29 is 9.59 Å². The fourth-order valence-electron chi connectivity index (χ4n) is 3.62. The fourth-order valence-corrected chi connectivity index (χ4v) is 4.34. The van der Waals surface area contributed by atoms with E-state index in [1.165, 1.54) is 17.4 Å². The van der Waals surface area contributed by atoms with Crippen LogP contribution in [0.5, 0.6) is 0 Å². The van der Waals surface area contributed by atoms with E-state index < -0.39 is 0 Å². The first-order chi connectivity index (χ1) is 14.0. The lowest BCUT2D eigenvalue weighted by molar-refractivity contribution is -0.117. The lowest BCUT2D eigenvalue weighted by Gasteiger charge is -2.20. The van der Waals surface area contributed by atoms with Crippen molar-refractivity contribution in [1.82, 2.24) is 4.98 Å². The number of rotatable bonds is 4. The third-order valence-electron chi connectivity index (χ3n) is 4.89. The number of nitrogens with one attached hydrogen (secondary N) is 1. The van der Waals surface area contributed by atoms with E-state index in [-0.39, 0.29) is 17.9 Å². The molecule has 3 aromatic rings. The van der Waals surface area contributed by atoms with E-state index in [0.29, 0.717) is 5.13 Å². The molecule has 29 heavy (non-hydrogen) atoms. The molecule has 0 radical (unpaired) electrons. The lowest BCUT2D eigenvalue weighted by atomic mass is 10.1. The van der Waals surface area contributed by atoms with Crippen LogP contribution >= 0.6 is 11.3 Å². The molecule has 1 aliphatic heterocycles. The Labute approximate surface area is 173 Å². The molecule has 0 fully saturated rings. The molecule has 6 heteroatoms. The predicted molar refractivity (Wildman–Crippen MR) is 118 cm³/mol. The smallest absolute Gasteiger partial charge is 0.250 e. The minimum Gasteiger partial charge on any atom is -0.309 e. The van der Waals surface area contributed by atoms with Gasteiger partial charge >= 0.3 is 0 Å². The maximum absolute atomic E-state index is 12.2. The normalized spacial score (nSPS) is 15.5. The van der Waals surface area contributed by atoms with Gasteiger partial charge in [-0.3, -0.25) is 14.9 Å². The highest BCUT2D eigenvalue weighted by Crippen LogP contribution is 2.36. The Morgan fingerprint density at radius 2 is 2.00 bits per heavy atom. The molecule has 146 valence electrons. The van der Waals surface area contributed by atoms with Gasteiger partial charge in [-0.1, -0.05) is 36.4 Å². The van der Waals surface area contributed by atoms with Crippen LogP contribution < -0.4 is 10.2 Å². The van der Waals surface area contributed by atoms with Crippen LogP contribution in [0.4, 0.5) is 10.8 Å². The van der Waals surface area contributed by atoms with Gasteiger partial charge in [0.15, 0.2) is 5.13 Å². The molecule has 2 amide bonds. The summed E-state index contributed by atoms with van der Waals surface area (Å²) in [5.41, 5.74) is 4.89. The minimum atomic E-state index is -0.213. The maximum Gasteiger partial charge on any atom is 0.250 e. The first kappa shape index (κ1) is 19.1. The van der Waals surface area contributed by atoms with Crippen LogP contribution in [-0.4, -0.2) is 22.8 Å². The van der Waals surface area contributed by atoms with Crippen molar-refractivity contribution >= 4 is 40.0 Å². The van der Waals surface area contributed by atoms with Gasteiger partial charge in [-0.25, -0.2) is 4.98 Å². The number of carbonyl (C=O) groups excluding carboxylic acids is 2. The second-order valence-electron chi connectivity index (χ2n) is 7.06. The van der Waals surface area contributed by atoms with Crippen LogP contribution in [0, 0.1) is 0 Å². The average Bonchev–Trinajstić information content (AvgIpc) is 3.29. The van der Waals surface area contributed by atoms with E-state index in [0.717, 1.165) is 34.5 Å². The third-order valence-corrected chi connectivity index (χ3v) is 5.65. The zero-order chi connectivity index (χ0) is 20.4. The Morgan fingerprint density at radius 1 is 1.21 bits per heavy atom. The summed E-state index contributed by atoms with van der Waals surface area (Å²) in [6.07, 6.45) is 4.11. The van der Waals surface area contributed by atoms with Crippen molar-refractivity contribution in [2.45, 2.75) is 26.3 Å². The van der Waals surface area contributed by atoms with Gasteiger partial charge in [0.25, 0.3) is 0 Å². The number of nitrogens with zero attached hydrogens (tertiary/aromatic N) is 2. The summed E-state index contributed by atoms with van der Waals surface area (Å²) in [4.78, 5) is 30.4. The standard InChI is InChI=1S/C23H21N3O2S/c1-15-12-19-13-18(9-10-21(19)26(15)16(2)27)20-14-29-23(24-20)25-22(28)11-8-17-6-4-3-5-7-17/h3-11,13-15H,12H2,1-2H3,(H,24,25,28)/b11-8+. The minimum absolute atomic E-state index is 0.0613. The van der Waals surface area contributed by atoms with Crippen LogP contribution in [0.2, 0.25) is 0 Å². The molecule has 4 rings (SSSR count). The SMILES string of the molecule is CC(=O)N1c2ccc(-c3csc(NC(=O)/C=C/c4ccccc4)n3)cc2CC1C. The van der Waals surface area contributed by atoms with Crippen molar-refractivity contribution in [3.8, 4) is 11.3 Å². The van der Waals surface area contributed by atoms with Crippen LogP contribution in [-0.2, 0) is 16.0 Å². The summed E-state index contributed by atoms with van der Waals surface area (Å²) in [6, 6.07) is 15.9. The van der Waals surface area contributed by atoms with E-state index in [1.54, 1.807) is 13.0 Å². The van der Waals surface area contributed by atoms with Gasteiger partial charge in [-0.2, -0.15) is 0 Å². The van der Waals surface area contributed by atoms with Gasteiger partial charge < -0.3 is 4.90 Å². The maximum atomic E-state index is 12.2. The van der Waals surface area contributed by atoms with Crippen molar-refractivity contribution in [3.05, 3.63) is 71.1 Å². The van der Waals surface area contributed by atoms with Crippen LogP contribution in [0.15, 0.2) is 60.0 Å². The predicted octanol–water partition coefficient (Wildman–Crippen LogP) is 4.76. The lowest BCUT2D eigenvalue weighted by Crippen LogP contribution is -2.33. The molecule has 0 saturated carbocycles. The molecule has 2 heterocycles. The van der Waals surface area contributed by atoms with Gasteiger partial charge in [0.1, 0.15) is 0 Å². The molecule has 0 bridgehead atoms. The Bertz CT molecular complexity index is 1090. The van der Waals surface area contributed by atoms with Gasteiger partial charge in [-0.05, 0) is 42.7 Å². The van der Waals surface area contributed by atoms with Crippen LogP contribution in [0.25, 0.3) is 17.3 Å². The van der Waals surface area contributed by atoms with Crippen molar-refractivity contribution in [3.63, 3.8) is 0 Å². The fraction of sp³-hybridized carbons (Fsp3) is 0.174. The number of hydrogen-bond acceptors (Lipinski definition) is 4. The second-order valence-corrected chi connectivity index (χ2v) is 7.91. The van der Waals surface area contributed by atoms with E-state index in [9.17, 15) is 9.59 Å². The summed E-state index contributed by atoms with van der Waals surface area (Å²) < 4.78 is 0. The molecule has 1 aliphatic rings. The first-order valence-electron chi connectivity index (χ1n) is 9.44. The van der Waals surface area contributed by atoms with Crippen LogP contribution in [0.3, 0.4) is 0 Å². The monoisotopic (exact) mass is 403 g/mol. The highest BCUT2D eigenvalue weighted by Gasteiger charge is 2.29. The van der Waals surface area contributed by atoms with E-state index in [2.05, 4.69) is 23.3 Å². The molecule has 0 spiro atoms. The zero-order valence-electron chi connectivity index (χ0n) is 16.3. The summed E-state index contributed by atoms with van der Waals surface area (Å²) >= 11 is 1.39. The van der Waals surface area contributed by atoms with Gasteiger partial charge in [0.2, 0.25) is 11.8 Å². The number of fused-ring (bicyclic) bond motifs is 1. The molecule has 1 atom stereocenters. The molecular weight excluding hydrogens is 382 g/mol. The molecular formula is C23H21N3O2S. The van der Waals surface area contributed by atoms with Crippen molar-refractivity contribution in [2.24, 2.45) is 0 Å². The number of aromatic nitrogens is 1. The quantitative estimate of drug-likeness (QED) is 0.639. The molecule has 1 unspecified atom stereocenters. The highest BCUT2D eigenvalue weighted by atomic mass is 32.1. The highest BCUT2D eigenvalue weighted by molar-refractivity contribution is 7.14.